The van der Waals surface area contributed by atoms with E-state index in [1.807, 2.05) is 12.2 Å². The molecule has 0 aliphatic heterocycles. The van der Waals surface area contributed by atoms with Crippen molar-refractivity contribution < 1.29 is 24.9 Å². The molecule has 5 nitrogen and oxygen atoms in total. The number of aliphatic carboxylic acids is 1. The molecule has 5 heteroatoms. The molecule has 0 aromatic heterocycles. The Morgan fingerprint density at radius 1 is 1.25 bits per heavy atom. The van der Waals surface area contributed by atoms with Gasteiger partial charge in [-0.1, -0.05) is 56.6 Å². The van der Waals surface area contributed by atoms with E-state index in [1.54, 1.807) is 18.2 Å². The number of aliphatic hydroxyl groups excluding tert-OH is 2. The minimum atomic E-state index is -0.975. The average molecular weight is 391 g/mol. The lowest BCUT2D eigenvalue weighted by Crippen LogP contribution is -2.20. The highest BCUT2D eigenvalue weighted by molar-refractivity contribution is 5.86. The number of aliphatic hydroxyl groups is 2. The van der Waals surface area contributed by atoms with Gasteiger partial charge in [0, 0.05) is 24.3 Å². The lowest BCUT2D eigenvalue weighted by atomic mass is 9.89. The third kappa shape index (κ3) is 6.71. The van der Waals surface area contributed by atoms with Crippen molar-refractivity contribution in [1.82, 2.24) is 0 Å². The fraction of sp³-hybridized carbons (Fsp3) is 0.652. The zero-order chi connectivity index (χ0) is 20.5. The molecule has 0 radical (unpaired) electrons. The number of carboxylic acids is 1. The molecule has 2 unspecified atom stereocenters. The smallest absolute Gasteiger partial charge is 0.327 e. The van der Waals surface area contributed by atoms with Crippen LogP contribution in [0.2, 0.25) is 0 Å². The van der Waals surface area contributed by atoms with Crippen molar-refractivity contribution in [3.63, 3.8) is 0 Å². The first-order valence-electron chi connectivity index (χ1n) is 10.5. The zero-order valence-corrected chi connectivity index (χ0v) is 16.7. The summed E-state index contributed by atoms with van der Waals surface area (Å²) in [5.41, 5.74) is 0. The number of rotatable bonds is 10. The van der Waals surface area contributed by atoms with Gasteiger partial charge in [-0.05, 0) is 37.5 Å². The third-order valence-electron chi connectivity index (χ3n) is 6.12. The Balaban J connectivity index is 1.88. The molecule has 2 fully saturated rings. The van der Waals surface area contributed by atoms with E-state index in [0.717, 1.165) is 18.9 Å². The second-order valence-electron chi connectivity index (χ2n) is 8.21. The largest absolute Gasteiger partial charge is 0.478 e. The topological polar surface area (TPSA) is 94.8 Å². The van der Waals surface area contributed by atoms with Crippen molar-refractivity contribution in [3.8, 4) is 0 Å². The first-order valence-corrected chi connectivity index (χ1v) is 10.5. The Kier molecular flexibility index (Phi) is 9.13. The Bertz CT molecular complexity index is 606. The number of carbonyl (C=O) groups is 2. The van der Waals surface area contributed by atoms with Gasteiger partial charge in [-0.2, -0.15) is 0 Å². The minimum Gasteiger partial charge on any atom is -0.478 e. The fourth-order valence-corrected chi connectivity index (χ4v) is 4.61. The van der Waals surface area contributed by atoms with Gasteiger partial charge in [-0.3, -0.25) is 4.79 Å². The number of carboxylic acid groups (broad SMARTS) is 1. The van der Waals surface area contributed by atoms with E-state index in [4.69, 9.17) is 5.11 Å². The van der Waals surface area contributed by atoms with Gasteiger partial charge in [-0.25, -0.2) is 4.79 Å². The maximum Gasteiger partial charge on any atom is 0.327 e. The van der Waals surface area contributed by atoms with Gasteiger partial charge in [0.1, 0.15) is 5.78 Å². The summed E-state index contributed by atoms with van der Waals surface area (Å²) in [7, 11) is 0. The van der Waals surface area contributed by atoms with E-state index >= 15 is 0 Å². The van der Waals surface area contributed by atoms with Crippen LogP contribution in [-0.4, -0.2) is 39.3 Å². The van der Waals surface area contributed by atoms with Crippen LogP contribution in [0.4, 0.5) is 0 Å². The van der Waals surface area contributed by atoms with Crippen molar-refractivity contribution in [2.24, 2.45) is 23.7 Å². The summed E-state index contributed by atoms with van der Waals surface area (Å²) in [5.74, 6) is -0.522. The standard InChI is InChI=1S/C23H34O5/c1-2-7-16-10-11-17(14-16)20(24)13-12-19-18(21(25)15-22(19)26)8-5-3-4-6-9-23(27)28/h3,5-6,9,12-13,16-21,24-25H,2,4,7-8,10-11,14-15H2,1H3,(H,27,28)/b5-3-,9-6+,13-12+/t16?,17?,18-,19-,20-,21+/m1/s1. The monoisotopic (exact) mass is 390 g/mol. The maximum absolute atomic E-state index is 12.3. The van der Waals surface area contributed by atoms with Gasteiger partial charge >= 0.3 is 5.97 Å². The second-order valence-corrected chi connectivity index (χ2v) is 8.21. The molecule has 0 heterocycles. The molecule has 0 aromatic carbocycles. The number of hydrogen-bond donors (Lipinski definition) is 3. The van der Waals surface area contributed by atoms with Crippen molar-refractivity contribution >= 4 is 11.8 Å². The highest BCUT2D eigenvalue weighted by atomic mass is 16.4. The average Bonchev–Trinajstić information content (AvgIpc) is 3.21. The van der Waals surface area contributed by atoms with Gasteiger partial charge in [0.05, 0.1) is 12.2 Å². The molecule has 0 bridgehead atoms. The van der Waals surface area contributed by atoms with Gasteiger partial charge < -0.3 is 15.3 Å². The first kappa shape index (κ1) is 22.6. The predicted molar refractivity (Wildman–Crippen MR) is 109 cm³/mol. The highest BCUT2D eigenvalue weighted by Gasteiger charge is 2.39. The van der Waals surface area contributed by atoms with Crippen LogP contribution < -0.4 is 0 Å². The van der Waals surface area contributed by atoms with Gasteiger partial charge in [0.15, 0.2) is 0 Å². The summed E-state index contributed by atoms with van der Waals surface area (Å²) in [6, 6.07) is 0. The number of allylic oxidation sites excluding steroid dienone is 4. The Labute approximate surface area is 167 Å². The molecule has 2 saturated carbocycles. The van der Waals surface area contributed by atoms with Crippen LogP contribution in [0.25, 0.3) is 0 Å². The molecule has 0 aromatic rings. The molecule has 0 amide bonds. The minimum absolute atomic E-state index is 0.0235. The van der Waals surface area contributed by atoms with E-state index in [9.17, 15) is 19.8 Å². The van der Waals surface area contributed by atoms with E-state index in [1.165, 1.54) is 19.3 Å². The number of hydrogen-bond acceptors (Lipinski definition) is 4. The van der Waals surface area contributed by atoms with Crippen molar-refractivity contribution in [3.05, 3.63) is 36.5 Å². The Hall–Kier alpha value is -1.72. The lowest BCUT2D eigenvalue weighted by molar-refractivity contribution is -0.131. The van der Waals surface area contributed by atoms with Gasteiger partial charge in [-0.15, -0.1) is 0 Å². The highest BCUT2D eigenvalue weighted by Crippen LogP contribution is 2.37. The van der Waals surface area contributed by atoms with Crippen molar-refractivity contribution in [2.45, 2.75) is 70.5 Å². The Morgan fingerprint density at radius 3 is 2.75 bits per heavy atom. The molecule has 2 aliphatic carbocycles. The summed E-state index contributed by atoms with van der Waals surface area (Å²) in [6.45, 7) is 2.19. The third-order valence-corrected chi connectivity index (χ3v) is 6.12. The second kappa shape index (κ2) is 11.3. The Morgan fingerprint density at radius 2 is 2.04 bits per heavy atom. The van der Waals surface area contributed by atoms with Crippen LogP contribution >= 0.6 is 0 Å². The number of ketones is 1. The molecular formula is C23H34O5. The van der Waals surface area contributed by atoms with Crippen molar-refractivity contribution in [1.29, 1.82) is 0 Å². The first-order chi connectivity index (χ1) is 13.4. The van der Waals surface area contributed by atoms with Crippen LogP contribution in [0.1, 0.15) is 58.3 Å². The number of carbonyl (C=O) groups excluding carboxylic acids is 1. The summed E-state index contributed by atoms with van der Waals surface area (Å²) < 4.78 is 0. The van der Waals surface area contributed by atoms with E-state index in [2.05, 4.69) is 6.92 Å². The lowest BCUT2D eigenvalue weighted by Gasteiger charge is -2.18. The zero-order valence-electron chi connectivity index (χ0n) is 16.7. The molecule has 28 heavy (non-hydrogen) atoms. The van der Waals surface area contributed by atoms with Crippen LogP contribution in [0, 0.1) is 23.7 Å². The van der Waals surface area contributed by atoms with Gasteiger partial charge in [0.25, 0.3) is 0 Å². The van der Waals surface area contributed by atoms with Crippen molar-refractivity contribution in [2.75, 3.05) is 0 Å². The molecule has 3 N–H and O–H groups in total. The number of Topliss-reactive ketones (excluding diaryl/α,β-unsaturated/α-hetero) is 1. The van der Waals surface area contributed by atoms with E-state index in [-0.39, 0.29) is 30.0 Å². The SMILES string of the molecule is CCCC1CCC([C@H](O)/C=C/[C@H]2C(=O)C[C@H](O)[C@@H]2C/C=C\C/C=C/C(=O)O)C1. The molecule has 156 valence electrons. The summed E-state index contributed by atoms with van der Waals surface area (Å²) in [5, 5.41) is 29.3. The predicted octanol–water partition coefficient (Wildman–Crippen LogP) is 3.66. The van der Waals surface area contributed by atoms with Crippen LogP contribution in [-0.2, 0) is 9.59 Å². The maximum atomic E-state index is 12.3. The summed E-state index contributed by atoms with van der Waals surface area (Å²) in [4.78, 5) is 22.7. The van der Waals surface area contributed by atoms with E-state index < -0.39 is 18.2 Å². The van der Waals surface area contributed by atoms with Crippen LogP contribution in [0.5, 0.6) is 0 Å². The van der Waals surface area contributed by atoms with Gasteiger partial charge in [0.2, 0.25) is 0 Å². The molecule has 0 saturated heterocycles. The molecule has 6 atom stereocenters. The van der Waals surface area contributed by atoms with E-state index in [0.29, 0.717) is 18.8 Å². The normalized spacial score (nSPS) is 32.2. The molecular weight excluding hydrogens is 356 g/mol. The quantitative estimate of drug-likeness (QED) is 0.391. The molecule has 2 rings (SSSR count). The molecule has 2 aliphatic rings. The summed E-state index contributed by atoms with van der Waals surface area (Å²) in [6.07, 6.45) is 15.6. The van der Waals surface area contributed by atoms with Crippen LogP contribution in [0.15, 0.2) is 36.5 Å². The molecule has 0 spiro atoms. The van der Waals surface area contributed by atoms with Crippen LogP contribution in [0.3, 0.4) is 0 Å². The fourth-order valence-electron chi connectivity index (χ4n) is 4.61. The summed E-state index contributed by atoms with van der Waals surface area (Å²) >= 11 is 0.